The summed E-state index contributed by atoms with van der Waals surface area (Å²) < 4.78 is 0. The third kappa shape index (κ3) is 2.52. The number of hydrogen-bond donors (Lipinski definition) is 4. The van der Waals surface area contributed by atoms with E-state index in [-0.39, 0.29) is 0 Å². The Morgan fingerprint density at radius 1 is 1.18 bits per heavy atom. The number of hydrogen-bond acceptors (Lipinski definition) is 4. The summed E-state index contributed by atoms with van der Waals surface area (Å²) in [6.45, 7) is -0.469. The number of nitrogens with zero attached hydrogens (tertiary/aromatic N) is 1. The van der Waals surface area contributed by atoms with Crippen molar-refractivity contribution in [2.75, 3.05) is 6.61 Å². The second kappa shape index (κ2) is 5.09. The van der Waals surface area contributed by atoms with Crippen LogP contribution in [0.1, 0.15) is 11.7 Å². The minimum Gasteiger partial charge on any atom is -0.394 e. The van der Waals surface area contributed by atoms with Crippen LogP contribution in [0, 0.1) is 0 Å². The molecule has 1 aromatic carbocycles. The number of H-pyrrole nitrogens is 1. The lowest BCUT2D eigenvalue weighted by molar-refractivity contribution is -0.0152. The van der Waals surface area contributed by atoms with Gasteiger partial charge >= 0.3 is 0 Å². The summed E-state index contributed by atoms with van der Waals surface area (Å²) in [7, 11) is 0. The summed E-state index contributed by atoms with van der Waals surface area (Å²) in [4.78, 5) is 6.89. The zero-order chi connectivity index (χ0) is 12.3. The molecule has 0 saturated heterocycles. The van der Waals surface area contributed by atoms with Gasteiger partial charge in [0.25, 0.3) is 0 Å². The van der Waals surface area contributed by atoms with E-state index in [1.54, 1.807) is 24.7 Å². The Morgan fingerprint density at radius 3 is 2.41 bits per heavy atom. The predicted molar refractivity (Wildman–Crippen MR) is 62.1 cm³/mol. The SMILES string of the molecule is OCC(O)C(O)c1ccc(-c2cnc[nH]2)cc1. The summed E-state index contributed by atoms with van der Waals surface area (Å²) >= 11 is 0. The number of aliphatic hydroxyl groups is 3. The lowest BCUT2D eigenvalue weighted by Crippen LogP contribution is -2.21. The van der Waals surface area contributed by atoms with E-state index in [4.69, 9.17) is 5.11 Å². The first-order valence-corrected chi connectivity index (χ1v) is 5.28. The van der Waals surface area contributed by atoms with Crippen molar-refractivity contribution in [3.05, 3.63) is 42.4 Å². The number of aliphatic hydroxyl groups excluding tert-OH is 3. The first-order chi connectivity index (χ1) is 8.22. The fraction of sp³-hybridized carbons (Fsp3) is 0.250. The summed E-state index contributed by atoms with van der Waals surface area (Å²) in [6, 6.07) is 7.05. The first kappa shape index (κ1) is 11.8. The van der Waals surface area contributed by atoms with Crippen LogP contribution < -0.4 is 0 Å². The van der Waals surface area contributed by atoms with Gasteiger partial charge in [-0.15, -0.1) is 0 Å². The van der Waals surface area contributed by atoms with E-state index in [9.17, 15) is 10.2 Å². The van der Waals surface area contributed by atoms with Crippen LogP contribution in [0.2, 0.25) is 0 Å². The molecule has 17 heavy (non-hydrogen) atoms. The van der Waals surface area contributed by atoms with E-state index in [1.165, 1.54) is 0 Å². The molecule has 2 unspecified atom stereocenters. The molecule has 0 radical (unpaired) electrons. The van der Waals surface area contributed by atoms with E-state index in [0.717, 1.165) is 11.3 Å². The lowest BCUT2D eigenvalue weighted by Gasteiger charge is -2.15. The van der Waals surface area contributed by atoms with Gasteiger partial charge in [-0.05, 0) is 11.1 Å². The number of imidazole rings is 1. The highest BCUT2D eigenvalue weighted by molar-refractivity contribution is 5.58. The van der Waals surface area contributed by atoms with Gasteiger partial charge in [-0.3, -0.25) is 0 Å². The highest BCUT2D eigenvalue weighted by atomic mass is 16.4. The van der Waals surface area contributed by atoms with Crippen molar-refractivity contribution in [3.63, 3.8) is 0 Å². The molecule has 0 aliphatic heterocycles. The minimum atomic E-state index is -1.16. The van der Waals surface area contributed by atoms with Crippen LogP contribution in [0.3, 0.4) is 0 Å². The molecule has 0 aliphatic rings. The van der Waals surface area contributed by atoms with Crippen molar-refractivity contribution in [3.8, 4) is 11.3 Å². The predicted octanol–water partition coefficient (Wildman–Crippen LogP) is 0.463. The molecular formula is C12H14N2O3. The van der Waals surface area contributed by atoms with Crippen LogP contribution in [0.5, 0.6) is 0 Å². The Balaban J connectivity index is 2.18. The van der Waals surface area contributed by atoms with Gasteiger partial charge in [-0.1, -0.05) is 24.3 Å². The number of aromatic nitrogens is 2. The van der Waals surface area contributed by atoms with E-state index >= 15 is 0 Å². The maximum Gasteiger partial charge on any atom is 0.107 e. The summed E-state index contributed by atoms with van der Waals surface area (Å²) in [5, 5.41) is 27.7. The summed E-state index contributed by atoms with van der Waals surface area (Å²) in [6.07, 6.45) is 1.06. The van der Waals surface area contributed by atoms with E-state index < -0.39 is 18.8 Å². The van der Waals surface area contributed by atoms with Gasteiger partial charge in [0, 0.05) is 0 Å². The molecule has 0 saturated carbocycles. The maximum absolute atomic E-state index is 9.68. The smallest absolute Gasteiger partial charge is 0.107 e. The average molecular weight is 234 g/mol. The number of aromatic amines is 1. The summed E-state index contributed by atoms with van der Waals surface area (Å²) in [5.74, 6) is 0. The van der Waals surface area contributed by atoms with E-state index in [2.05, 4.69) is 9.97 Å². The molecule has 0 bridgehead atoms. The van der Waals surface area contributed by atoms with Gasteiger partial charge in [0.2, 0.25) is 0 Å². The molecule has 4 N–H and O–H groups in total. The molecule has 90 valence electrons. The van der Waals surface area contributed by atoms with Crippen molar-refractivity contribution in [2.45, 2.75) is 12.2 Å². The monoisotopic (exact) mass is 234 g/mol. The second-order valence-corrected chi connectivity index (χ2v) is 3.78. The van der Waals surface area contributed by atoms with Crippen molar-refractivity contribution in [1.82, 2.24) is 9.97 Å². The molecule has 1 heterocycles. The van der Waals surface area contributed by atoms with Crippen LogP contribution in [-0.4, -0.2) is 38.0 Å². The van der Waals surface area contributed by atoms with Gasteiger partial charge in [-0.25, -0.2) is 4.98 Å². The molecule has 1 aromatic heterocycles. The Kier molecular flexibility index (Phi) is 3.53. The Morgan fingerprint density at radius 2 is 1.88 bits per heavy atom. The van der Waals surface area contributed by atoms with Crippen molar-refractivity contribution < 1.29 is 15.3 Å². The fourth-order valence-electron chi connectivity index (χ4n) is 1.60. The zero-order valence-electron chi connectivity index (χ0n) is 9.11. The average Bonchev–Trinajstić information content (AvgIpc) is 2.91. The highest BCUT2D eigenvalue weighted by Gasteiger charge is 2.17. The Labute approximate surface area is 98.4 Å². The van der Waals surface area contributed by atoms with Crippen molar-refractivity contribution in [2.24, 2.45) is 0 Å². The number of nitrogens with one attached hydrogen (secondary N) is 1. The number of rotatable bonds is 4. The van der Waals surface area contributed by atoms with Gasteiger partial charge in [0.05, 0.1) is 24.8 Å². The van der Waals surface area contributed by atoms with E-state index in [0.29, 0.717) is 5.56 Å². The molecule has 2 atom stereocenters. The van der Waals surface area contributed by atoms with Crippen LogP contribution in [0.4, 0.5) is 0 Å². The molecule has 5 heteroatoms. The first-order valence-electron chi connectivity index (χ1n) is 5.28. The molecular weight excluding hydrogens is 220 g/mol. The van der Waals surface area contributed by atoms with Crippen LogP contribution in [-0.2, 0) is 0 Å². The third-order valence-electron chi connectivity index (χ3n) is 2.61. The minimum absolute atomic E-state index is 0.469. The standard InChI is InChI=1S/C12H14N2O3/c15-6-11(16)12(17)9-3-1-8(2-4-9)10-5-13-7-14-10/h1-5,7,11-12,15-17H,6H2,(H,13,14). The van der Waals surface area contributed by atoms with Crippen LogP contribution >= 0.6 is 0 Å². The molecule has 0 amide bonds. The molecule has 0 fully saturated rings. The second-order valence-electron chi connectivity index (χ2n) is 3.78. The van der Waals surface area contributed by atoms with Crippen LogP contribution in [0.15, 0.2) is 36.8 Å². The van der Waals surface area contributed by atoms with Crippen molar-refractivity contribution >= 4 is 0 Å². The lowest BCUT2D eigenvalue weighted by atomic mass is 10.0. The van der Waals surface area contributed by atoms with Gasteiger partial charge in [0.15, 0.2) is 0 Å². The number of benzene rings is 1. The highest BCUT2D eigenvalue weighted by Crippen LogP contribution is 2.21. The third-order valence-corrected chi connectivity index (χ3v) is 2.61. The Hall–Kier alpha value is -1.69. The molecule has 0 spiro atoms. The quantitative estimate of drug-likeness (QED) is 0.619. The normalized spacial score (nSPS) is 14.5. The van der Waals surface area contributed by atoms with Crippen molar-refractivity contribution in [1.29, 1.82) is 0 Å². The van der Waals surface area contributed by atoms with Crippen LogP contribution in [0.25, 0.3) is 11.3 Å². The van der Waals surface area contributed by atoms with Gasteiger partial charge in [-0.2, -0.15) is 0 Å². The van der Waals surface area contributed by atoms with E-state index in [1.807, 2.05) is 12.1 Å². The van der Waals surface area contributed by atoms with Gasteiger partial charge in [0.1, 0.15) is 12.2 Å². The largest absolute Gasteiger partial charge is 0.394 e. The maximum atomic E-state index is 9.68. The molecule has 0 aliphatic carbocycles. The van der Waals surface area contributed by atoms with Gasteiger partial charge < -0.3 is 20.3 Å². The Bertz CT molecular complexity index is 453. The topological polar surface area (TPSA) is 89.4 Å². The molecule has 2 aromatic rings. The molecule has 5 nitrogen and oxygen atoms in total. The fourth-order valence-corrected chi connectivity index (χ4v) is 1.60. The molecule has 2 rings (SSSR count). The summed E-state index contributed by atoms with van der Waals surface area (Å²) in [5.41, 5.74) is 2.39. The zero-order valence-corrected chi connectivity index (χ0v) is 9.11.